The summed E-state index contributed by atoms with van der Waals surface area (Å²) in [5.41, 5.74) is 5.00. The molecule has 33 heavy (non-hydrogen) atoms. The number of carboxylic acid groups (broad SMARTS) is 1. The van der Waals surface area contributed by atoms with Crippen LogP contribution in [0.2, 0.25) is 0 Å². The number of nitrogens with zero attached hydrogens (tertiary/aromatic N) is 2. The fourth-order valence-electron chi connectivity index (χ4n) is 3.40. The number of aromatic nitrogens is 2. The minimum atomic E-state index is -0.990. The Bertz CT molecular complexity index is 1390. The first-order valence-corrected chi connectivity index (χ1v) is 10.3. The maximum absolute atomic E-state index is 10.1. The fourth-order valence-corrected chi connectivity index (χ4v) is 3.40. The summed E-state index contributed by atoms with van der Waals surface area (Å²) in [7, 11) is 0. The van der Waals surface area contributed by atoms with Crippen molar-refractivity contribution in [3.05, 3.63) is 96.4 Å². The number of para-hydroxylation sites is 1. The van der Waals surface area contributed by atoms with E-state index in [1.54, 1.807) is 12.1 Å². The molecule has 1 radical (unpaired) electrons. The third kappa shape index (κ3) is 5.36. The van der Waals surface area contributed by atoms with Crippen molar-refractivity contribution in [2.24, 2.45) is 0 Å². The topological polar surface area (TPSA) is 76.2 Å². The van der Waals surface area contributed by atoms with Crippen LogP contribution in [0.3, 0.4) is 0 Å². The van der Waals surface area contributed by atoms with E-state index in [0.29, 0.717) is 0 Å². The Morgan fingerprint density at radius 3 is 2.36 bits per heavy atom. The van der Waals surface area contributed by atoms with Gasteiger partial charge < -0.3 is 14.5 Å². The maximum Gasteiger partial charge on any atom is 0.354 e. The quantitative estimate of drug-likeness (QED) is 0.229. The molecule has 0 aliphatic carbocycles. The fraction of sp³-hybridized carbons (Fsp3) is 0.148. The van der Waals surface area contributed by atoms with Crippen LogP contribution in [0.15, 0.2) is 83.5 Å². The van der Waals surface area contributed by atoms with E-state index in [1.807, 2.05) is 30.5 Å². The number of rotatable bonds is 2. The molecule has 0 fully saturated rings. The predicted molar refractivity (Wildman–Crippen MR) is 126 cm³/mol. The van der Waals surface area contributed by atoms with Gasteiger partial charge in [-0.1, -0.05) is 62.1 Å². The molecular weight excluding hydrogens is 593 g/mol. The third-order valence-corrected chi connectivity index (χ3v) is 5.10. The second kappa shape index (κ2) is 10.1. The largest absolute Gasteiger partial charge is 0.501 e. The van der Waals surface area contributed by atoms with Gasteiger partial charge in [0, 0.05) is 37.9 Å². The van der Waals surface area contributed by atoms with Gasteiger partial charge in [-0.15, -0.1) is 18.2 Å². The SMILES string of the molecule is CC(C)(C)c1ccnc(-c2[c-]ccc3c2oc2ccccc23)c1.O=C(O)c1ccccn1.[Ir]. The Hall–Kier alpha value is -3.34. The van der Waals surface area contributed by atoms with E-state index in [0.717, 1.165) is 33.2 Å². The Morgan fingerprint density at radius 1 is 0.939 bits per heavy atom. The summed E-state index contributed by atoms with van der Waals surface area (Å²) in [6, 6.07) is 24.4. The Balaban J connectivity index is 0.000000260. The molecule has 0 unspecified atom stereocenters. The molecule has 6 heteroatoms. The summed E-state index contributed by atoms with van der Waals surface area (Å²) in [5.74, 6) is -0.990. The molecule has 3 heterocycles. The van der Waals surface area contributed by atoms with Crippen molar-refractivity contribution in [3.63, 3.8) is 0 Å². The maximum atomic E-state index is 10.1. The number of carbonyl (C=O) groups is 1. The third-order valence-electron chi connectivity index (χ3n) is 5.10. The van der Waals surface area contributed by atoms with Crippen LogP contribution < -0.4 is 0 Å². The number of aromatic carboxylic acids is 1. The van der Waals surface area contributed by atoms with Crippen molar-refractivity contribution in [2.45, 2.75) is 26.2 Å². The standard InChI is InChI=1S/C21H18NO.C6H5NO2.Ir/c1-21(2,3)14-11-12-22-18(13-14)17-9-6-8-16-15-7-4-5-10-19(15)23-20(16)17;8-6(9)5-3-1-2-4-7-5;/h4-8,10-13H,1-3H3;1-4H,(H,8,9);/q-1;;. The molecule has 5 nitrogen and oxygen atoms in total. The van der Waals surface area contributed by atoms with Crippen molar-refractivity contribution in [3.8, 4) is 11.3 Å². The number of furan rings is 1. The Kier molecular flexibility index (Phi) is 7.42. The molecule has 169 valence electrons. The van der Waals surface area contributed by atoms with Gasteiger partial charge >= 0.3 is 5.97 Å². The summed E-state index contributed by atoms with van der Waals surface area (Å²) in [6.45, 7) is 6.62. The van der Waals surface area contributed by atoms with Gasteiger partial charge in [0.05, 0.1) is 5.58 Å². The zero-order valence-corrected chi connectivity index (χ0v) is 20.9. The molecule has 5 rings (SSSR count). The average Bonchev–Trinajstić information content (AvgIpc) is 3.18. The first kappa shape index (κ1) is 24.3. The van der Waals surface area contributed by atoms with Gasteiger partial charge in [-0.05, 0) is 40.9 Å². The first-order chi connectivity index (χ1) is 15.3. The number of pyridine rings is 2. The molecule has 5 aromatic rings. The summed E-state index contributed by atoms with van der Waals surface area (Å²) in [6.07, 6.45) is 3.31. The summed E-state index contributed by atoms with van der Waals surface area (Å²) < 4.78 is 6.09. The molecule has 0 saturated carbocycles. The number of carboxylic acids is 1. The first-order valence-electron chi connectivity index (χ1n) is 10.3. The van der Waals surface area contributed by atoms with Crippen molar-refractivity contribution in [1.29, 1.82) is 0 Å². The van der Waals surface area contributed by atoms with E-state index in [1.165, 1.54) is 17.8 Å². The zero-order chi connectivity index (χ0) is 22.7. The minimum Gasteiger partial charge on any atom is -0.501 e. The van der Waals surface area contributed by atoms with Gasteiger partial charge in [0.15, 0.2) is 0 Å². The van der Waals surface area contributed by atoms with Gasteiger partial charge in [-0.25, -0.2) is 9.78 Å². The molecular formula is C27H23IrN2O3-. The van der Waals surface area contributed by atoms with Crippen molar-refractivity contribution in [2.75, 3.05) is 0 Å². The Labute approximate surface area is 205 Å². The summed E-state index contributed by atoms with van der Waals surface area (Å²) >= 11 is 0. The molecule has 0 amide bonds. The van der Waals surface area contributed by atoms with Crippen molar-refractivity contribution >= 4 is 27.9 Å². The minimum absolute atomic E-state index is 0. The molecule has 0 atom stereocenters. The zero-order valence-electron chi connectivity index (χ0n) is 18.5. The molecule has 0 bridgehead atoms. The van der Waals surface area contributed by atoms with Gasteiger partial charge in [0.1, 0.15) is 11.3 Å². The van der Waals surface area contributed by atoms with Crippen molar-refractivity contribution < 1.29 is 34.4 Å². The number of hydrogen-bond donors (Lipinski definition) is 1. The van der Waals surface area contributed by atoms with E-state index in [2.05, 4.69) is 61.1 Å². The second-order valence-corrected chi connectivity index (χ2v) is 8.39. The van der Waals surface area contributed by atoms with Crippen LogP contribution in [-0.4, -0.2) is 21.0 Å². The molecule has 2 aromatic carbocycles. The van der Waals surface area contributed by atoms with E-state index in [-0.39, 0.29) is 31.2 Å². The van der Waals surface area contributed by atoms with Crippen LogP contribution in [0.25, 0.3) is 33.2 Å². The molecule has 0 aliphatic heterocycles. The second-order valence-electron chi connectivity index (χ2n) is 8.39. The van der Waals surface area contributed by atoms with Gasteiger partial charge in [0.25, 0.3) is 0 Å². The van der Waals surface area contributed by atoms with E-state index in [9.17, 15) is 4.79 Å². The van der Waals surface area contributed by atoms with Gasteiger partial charge in [-0.2, -0.15) is 0 Å². The summed E-state index contributed by atoms with van der Waals surface area (Å²) in [5, 5.41) is 10.6. The van der Waals surface area contributed by atoms with Crippen LogP contribution in [-0.2, 0) is 25.5 Å². The van der Waals surface area contributed by atoms with E-state index >= 15 is 0 Å². The normalized spacial score (nSPS) is 10.9. The number of benzene rings is 2. The predicted octanol–water partition coefficient (Wildman–Crippen LogP) is 6.52. The molecule has 1 N–H and O–H groups in total. The summed E-state index contributed by atoms with van der Waals surface area (Å²) in [4.78, 5) is 18.3. The number of hydrogen-bond acceptors (Lipinski definition) is 4. The van der Waals surface area contributed by atoms with Crippen LogP contribution in [0, 0.1) is 6.07 Å². The number of fused-ring (bicyclic) bond motifs is 3. The average molecular weight is 616 g/mol. The van der Waals surface area contributed by atoms with Gasteiger partial charge in [0.2, 0.25) is 0 Å². The monoisotopic (exact) mass is 616 g/mol. The van der Waals surface area contributed by atoms with Crippen LogP contribution >= 0.6 is 0 Å². The Morgan fingerprint density at radius 2 is 1.70 bits per heavy atom. The molecule has 3 aromatic heterocycles. The molecule has 0 aliphatic rings. The van der Waals surface area contributed by atoms with Crippen molar-refractivity contribution in [1.82, 2.24) is 9.97 Å². The smallest absolute Gasteiger partial charge is 0.354 e. The van der Waals surface area contributed by atoms with Gasteiger partial charge in [-0.3, -0.25) is 0 Å². The van der Waals surface area contributed by atoms with Crippen LogP contribution in [0.4, 0.5) is 0 Å². The van der Waals surface area contributed by atoms with E-state index in [4.69, 9.17) is 9.52 Å². The molecule has 0 saturated heterocycles. The van der Waals surface area contributed by atoms with Crippen LogP contribution in [0.1, 0.15) is 36.8 Å². The van der Waals surface area contributed by atoms with E-state index < -0.39 is 5.97 Å². The van der Waals surface area contributed by atoms with Crippen LogP contribution in [0.5, 0.6) is 0 Å². The molecule has 0 spiro atoms.